The van der Waals surface area contributed by atoms with Gasteiger partial charge in [-0.15, -0.1) is 0 Å². The minimum atomic E-state index is -1.55. The van der Waals surface area contributed by atoms with Crippen molar-refractivity contribution in [2.75, 3.05) is 26.2 Å². The van der Waals surface area contributed by atoms with Crippen LogP contribution in [0.2, 0.25) is 0 Å². The predicted octanol–water partition coefficient (Wildman–Crippen LogP) is -0.126. The van der Waals surface area contributed by atoms with Crippen molar-refractivity contribution in [3.05, 3.63) is 35.1 Å². The molecule has 0 unspecified atom stereocenters. The summed E-state index contributed by atoms with van der Waals surface area (Å²) in [5, 5.41) is 0. The van der Waals surface area contributed by atoms with Crippen LogP contribution in [-0.2, 0) is 9.59 Å². The van der Waals surface area contributed by atoms with Gasteiger partial charge in [0, 0.05) is 26.2 Å². The topological polar surface area (TPSA) is 83.7 Å². The molecule has 1 saturated heterocycles. The van der Waals surface area contributed by atoms with E-state index in [0.29, 0.717) is 12.1 Å². The van der Waals surface area contributed by atoms with Gasteiger partial charge in [0.1, 0.15) is 11.4 Å². The van der Waals surface area contributed by atoms with Crippen molar-refractivity contribution in [3.63, 3.8) is 0 Å². The van der Waals surface area contributed by atoms with Gasteiger partial charge in [0.15, 0.2) is 11.6 Å². The number of piperazine rings is 1. The molecule has 1 aliphatic rings. The van der Waals surface area contributed by atoms with Crippen molar-refractivity contribution in [1.29, 1.82) is 0 Å². The zero-order chi connectivity index (χ0) is 16.4. The minimum Gasteiger partial charge on any atom is -0.361 e. The number of primary amides is 1. The predicted molar refractivity (Wildman–Crippen MR) is 68.0 cm³/mol. The molecule has 3 amide bonds. The monoisotopic (exact) mass is 315 g/mol. The maximum Gasteiger partial charge on any atom is 0.311 e. The van der Waals surface area contributed by atoms with E-state index in [1.54, 1.807) is 0 Å². The fourth-order valence-corrected chi connectivity index (χ4v) is 2.15. The molecule has 2 N–H and O–H groups in total. The van der Waals surface area contributed by atoms with Gasteiger partial charge in [0.25, 0.3) is 5.91 Å². The maximum absolute atomic E-state index is 13.6. The number of rotatable bonds is 1. The Bertz CT molecular complexity index is 643. The number of carbonyl (C=O) groups excluding carboxylic acids is 3. The lowest BCUT2D eigenvalue weighted by Crippen LogP contribution is -2.53. The van der Waals surface area contributed by atoms with Crippen LogP contribution in [0.25, 0.3) is 0 Å². The highest BCUT2D eigenvalue weighted by Gasteiger charge is 2.30. The molecule has 2 rings (SSSR count). The van der Waals surface area contributed by atoms with E-state index in [-0.39, 0.29) is 26.2 Å². The molecule has 1 aromatic carbocycles. The average Bonchev–Trinajstić information content (AvgIpc) is 2.50. The summed E-state index contributed by atoms with van der Waals surface area (Å²) in [4.78, 5) is 36.4. The molecule has 9 heteroatoms. The summed E-state index contributed by atoms with van der Waals surface area (Å²) in [6.45, 7) is -0.112. The fourth-order valence-electron chi connectivity index (χ4n) is 2.15. The van der Waals surface area contributed by atoms with Crippen LogP contribution in [-0.4, -0.2) is 53.7 Å². The van der Waals surface area contributed by atoms with Crippen LogP contribution in [0.3, 0.4) is 0 Å². The van der Waals surface area contributed by atoms with Crippen LogP contribution >= 0.6 is 0 Å². The molecule has 1 aromatic rings. The molecular weight excluding hydrogens is 303 g/mol. The average molecular weight is 315 g/mol. The van der Waals surface area contributed by atoms with Crippen molar-refractivity contribution in [1.82, 2.24) is 9.80 Å². The van der Waals surface area contributed by atoms with Gasteiger partial charge in [-0.05, 0) is 12.1 Å². The molecule has 22 heavy (non-hydrogen) atoms. The van der Waals surface area contributed by atoms with Crippen molar-refractivity contribution >= 4 is 17.7 Å². The number of halogens is 3. The molecule has 1 fully saturated rings. The summed E-state index contributed by atoms with van der Waals surface area (Å²) in [6.07, 6.45) is 0. The molecule has 0 spiro atoms. The Morgan fingerprint density at radius 1 is 0.909 bits per heavy atom. The van der Waals surface area contributed by atoms with Gasteiger partial charge in [-0.25, -0.2) is 13.2 Å². The summed E-state index contributed by atoms with van der Waals surface area (Å²) in [5.41, 5.74) is 3.88. The first kappa shape index (κ1) is 15.8. The van der Waals surface area contributed by atoms with Crippen molar-refractivity contribution < 1.29 is 27.6 Å². The quantitative estimate of drug-likeness (QED) is 0.579. The SMILES string of the molecule is NC(=O)C(=O)N1CCN(C(=O)c2c(F)ccc(F)c2F)CC1. The van der Waals surface area contributed by atoms with Crippen LogP contribution in [0.5, 0.6) is 0 Å². The van der Waals surface area contributed by atoms with Gasteiger partial charge in [-0.2, -0.15) is 0 Å². The van der Waals surface area contributed by atoms with E-state index in [4.69, 9.17) is 5.73 Å². The highest BCUT2D eigenvalue weighted by molar-refractivity contribution is 6.34. The number of nitrogens with zero attached hydrogens (tertiary/aromatic N) is 2. The molecule has 1 aliphatic heterocycles. The first-order valence-electron chi connectivity index (χ1n) is 6.34. The molecule has 0 bridgehead atoms. The smallest absolute Gasteiger partial charge is 0.311 e. The Labute approximate surface area is 123 Å². The second-order valence-corrected chi connectivity index (χ2v) is 4.67. The molecule has 0 atom stereocenters. The lowest BCUT2D eigenvalue weighted by molar-refractivity contribution is -0.145. The Balaban J connectivity index is 2.12. The van der Waals surface area contributed by atoms with Crippen molar-refractivity contribution in [3.8, 4) is 0 Å². The van der Waals surface area contributed by atoms with Crippen LogP contribution in [0, 0.1) is 17.5 Å². The first-order chi connectivity index (χ1) is 10.3. The van der Waals surface area contributed by atoms with Crippen LogP contribution in [0.1, 0.15) is 10.4 Å². The Hall–Kier alpha value is -2.58. The second-order valence-electron chi connectivity index (χ2n) is 4.67. The van der Waals surface area contributed by atoms with Gasteiger partial charge < -0.3 is 15.5 Å². The molecule has 0 radical (unpaired) electrons. The first-order valence-corrected chi connectivity index (χ1v) is 6.34. The third-order valence-corrected chi connectivity index (χ3v) is 3.32. The van der Waals surface area contributed by atoms with Crippen LogP contribution in [0.4, 0.5) is 13.2 Å². The van der Waals surface area contributed by atoms with Gasteiger partial charge in [-0.3, -0.25) is 14.4 Å². The van der Waals surface area contributed by atoms with Crippen molar-refractivity contribution in [2.45, 2.75) is 0 Å². The largest absolute Gasteiger partial charge is 0.361 e. The fraction of sp³-hybridized carbons (Fsp3) is 0.308. The summed E-state index contributed by atoms with van der Waals surface area (Å²) in [7, 11) is 0. The molecule has 0 saturated carbocycles. The summed E-state index contributed by atoms with van der Waals surface area (Å²) < 4.78 is 40.3. The summed E-state index contributed by atoms with van der Waals surface area (Å²) in [5.74, 6) is -7.08. The number of benzene rings is 1. The molecular formula is C13H12F3N3O3. The van der Waals surface area contributed by atoms with E-state index in [1.807, 2.05) is 0 Å². The number of hydrogen-bond donors (Lipinski definition) is 1. The molecule has 118 valence electrons. The third-order valence-electron chi connectivity index (χ3n) is 3.32. The summed E-state index contributed by atoms with van der Waals surface area (Å²) in [6, 6.07) is 1.25. The number of amides is 3. The van der Waals surface area contributed by atoms with Gasteiger partial charge in [-0.1, -0.05) is 0 Å². The highest BCUT2D eigenvalue weighted by atomic mass is 19.2. The second kappa shape index (κ2) is 6.04. The minimum absolute atomic E-state index is 0.00787. The normalized spacial score (nSPS) is 14.9. The molecule has 0 aromatic heterocycles. The zero-order valence-corrected chi connectivity index (χ0v) is 11.3. The van der Waals surface area contributed by atoms with E-state index in [1.165, 1.54) is 0 Å². The van der Waals surface area contributed by atoms with E-state index in [0.717, 1.165) is 9.80 Å². The van der Waals surface area contributed by atoms with E-state index in [9.17, 15) is 27.6 Å². The number of carbonyl (C=O) groups is 3. The summed E-state index contributed by atoms with van der Waals surface area (Å²) >= 11 is 0. The maximum atomic E-state index is 13.6. The Morgan fingerprint density at radius 2 is 1.41 bits per heavy atom. The van der Waals surface area contributed by atoms with Gasteiger partial charge in [0.05, 0.1) is 0 Å². The molecule has 1 heterocycles. The third kappa shape index (κ3) is 2.87. The van der Waals surface area contributed by atoms with E-state index >= 15 is 0 Å². The number of nitrogens with two attached hydrogens (primary N) is 1. The van der Waals surface area contributed by atoms with E-state index in [2.05, 4.69) is 0 Å². The van der Waals surface area contributed by atoms with Gasteiger partial charge >= 0.3 is 11.8 Å². The standard InChI is InChI=1S/C13H12F3N3O3/c14-7-1-2-8(15)10(16)9(7)12(21)18-3-5-19(6-4-18)13(22)11(17)20/h1-2H,3-6H2,(H2,17,20). The zero-order valence-electron chi connectivity index (χ0n) is 11.3. The highest BCUT2D eigenvalue weighted by Crippen LogP contribution is 2.18. The van der Waals surface area contributed by atoms with Crippen molar-refractivity contribution in [2.24, 2.45) is 5.73 Å². The molecule has 6 nitrogen and oxygen atoms in total. The van der Waals surface area contributed by atoms with Crippen LogP contribution < -0.4 is 5.73 Å². The number of hydrogen-bond acceptors (Lipinski definition) is 3. The van der Waals surface area contributed by atoms with Crippen LogP contribution in [0.15, 0.2) is 12.1 Å². The van der Waals surface area contributed by atoms with E-state index < -0.39 is 40.7 Å². The Morgan fingerprint density at radius 3 is 1.95 bits per heavy atom. The lowest BCUT2D eigenvalue weighted by Gasteiger charge is -2.34. The molecule has 0 aliphatic carbocycles. The van der Waals surface area contributed by atoms with Gasteiger partial charge in [0.2, 0.25) is 0 Å². The Kier molecular flexibility index (Phi) is 4.34. The lowest BCUT2D eigenvalue weighted by atomic mass is 10.1.